The first-order chi connectivity index (χ1) is 17.2. The maximum atomic E-state index is 10.3. The Morgan fingerprint density at radius 1 is 0.629 bits per heavy atom. The van der Waals surface area contributed by atoms with Crippen molar-refractivity contribution in [3.05, 3.63) is 114 Å². The van der Waals surface area contributed by atoms with Crippen molar-refractivity contribution in [2.75, 3.05) is 22.9 Å². The number of benzene rings is 4. The fourth-order valence-corrected chi connectivity index (χ4v) is 3.93. The Labute approximate surface area is 207 Å². The van der Waals surface area contributed by atoms with E-state index in [4.69, 9.17) is 0 Å². The number of para-hydroxylation sites is 2. The molecule has 176 valence electrons. The van der Waals surface area contributed by atoms with Gasteiger partial charge in [0.1, 0.15) is 5.75 Å². The monoisotopic (exact) mass is 462 g/mol. The molecule has 0 aliphatic rings. The van der Waals surface area contributed by atoms with Crippen LogP contribution in [0, 0.1) is 0 Å². The van der Waals surface area contributed by atoms with E-state index in [9.17, 15) is 5.11 Å². The van der Waals surface area contributed by atoms with Gasteiger partial charge < -0.3 is 14.9 Å². The Kier molecular flexibility index (Phi) is 7.92. The third-order valence-electron chi connectivity index (χ3n) is 5.79. The maximum Gasteiger partial charge on any atom is 0.126 e. The predicted octanol–water partition coefficient (Wildman–Crippen LogP) is 7.16. The molecule has 0 heterocycles. The van der Waals surface area contributed by atoms with Gasteiger partial charge in [-0.05, 0) is 67.9 Å². The first kappa shape index (κ1) is 23.8. The van der Waals surface area contributed by atoms with Gasteiger partial charge in [-0.2, -0.15) is 10.2 Å². The van der Waals surface area contributed by atoms with Crippen LogP contribution in [0.25, 0.3) is 0 Å². The van der Waals surface area contributed by atoms with E-state index in [1.54, 1.807) is 18.5 Å². The highest BCUT2D eigenvalue weighted by Gasteiger charge is 2.11. The standard InChI is InChI=1S/C30H30N4O/c1-3-33(4-2)29-20-17-25(30(35)21-29)23-32-31-22-24-15-18-28(19-16-24)34(26-11-7-5-8-12-26)27-13-9-6-10-14-27/h5-23,35H,3-4H2,1-2H3/b31-22+,32-23+. The summed E-state index contributed by atoms with van der Waals surface area (Å²) in [5, 5.41) is 18.6. The molecule has 1 N–H and O–H groups in total. The number of anilines is 4. The molecule has 5 heteroatoms. The molecule has 4 aromatic rings. The topological polar surface area (TPSA) is 51.4 Å². The van der Waals surface area contributed by atoms with Crippen LogP contribution >= 0.6 is 0 Å². The highest BCUT2D eigenvalue weighted by molar-refractivity contribution is 5.86. The number of hydrogen-bond donors (Lipinski definition) is 1. The predicted molar refractivity (Wildman–Crippen MR) is 148 cm³/mol. The van der Waals surface area contributed by atoms with Crippen LogP contribution in [-0.4, -0.2) is 30.6 Å². The van der Waals surface area contributed by atoms with Gasteiger partial charge in [0, 0.05) is 47.5 Å². The normalized spacial score (nSPS) is 11.3. The second-order valence-corrected chi connectivity index (χ2v) is 8.00. The molecule has 35 heavy (non-hydrogen) atoms. The van der Waals surface area contributed by atoms with Gasteiger partial charge in [-0.15, -0.1) is 0 Å². The fourth-order valence-electron chi connectivity index (χ4n) is 3.93. The lowest BCUT2D eigenvalue weighted by molar-refractivity contribution is 0.474. The van der Waals surface area contributed by atoms with Gasteiger partial charge in [0.05, 0.1) is 12.4 Å². The summed E-state index contributed by atoms with van der Waals surface area (Å²) in [5.41, 5.74) is 5.81. The molecule has 0 saturated carbocycles. The summed E-state index contributed by atoms with van der Waals surface area (Å²) in [5.74, 6) is 0.194. The van der Waals surface area contributed by atoms with E-state index in [2.05, 4.69) is 70.2 Å². The van der Waals surface area contributed by atoms with Crippen molar-refractivity contribution < 1.29 is 5.11 Å². The van der Waals surface area contributed by atoms with Crippen molar-refractivity contribution in [2.45, 2.75) is 13.8 Å². The molecular weight excluding hydrogens is 432 g/mol. The Bertz CT molecular complexity index is 1230. The molecule has 5 nitrogen and oxygen atoms in total. The zero-order valence-electron chi connectivity index (χ0n) is 20.1. The minimum absolute atomic E-state index is 0.194. The van der Waals surface area contributed by atoms with Crippen LogP contribution in [0.1, 0.15) is 25.0 Å². The average molecular weight is 463 g/mol. The van der Waals surface area contributed by atoms with Crippen LogP contribution in [0.3, 0.4) is 0 Å². The molecule has 0 unspecified atom stereocenters. The lowest BCUT2D eigenvalue weighted by atomic mass is 10.1. The van der Waals surface area contributed by atoms with Crippen molar-refractivity contribution in [3.63, 3.8) is 0 Å². The van der Waals surface area contributed by atoms with E-state index in [-0.39, 0.29) is 5.75 Å². The van der Waals surface area contributed by atoms with Gasteiger partial charge in [-0.1, -0.05) is 48.5 Å². The SMILES string of the molecule is CCN(CC)c1ccc(/C=N/N=C/c2ccc(N(c3ccccc3)c3ccccc3)cc2)c(O)c1. The minimum Gasteiger partial charge on any atom is -0.507 e. The Hall–Kier alpha value is -4.38. The highest BCUT2D eigenvalue weighted by Crippen LogP contribution is 2.33. The van der Waals surface area contributed by atoms with Gasteiger partial charge in [0.2, 0.25) is 0 Å². The highest BCUT2D eigenvalue weighted by atomic mass is 16.3. The van der Waals surface area contributed by atoms with Crippen LogP contribution in [0.4, 0.5) is 22.7 Å². The molecule has 0 fully saturated rings. The van der Waals surface area contributed by atoms with Crippen molar-refractivity contribution in [2.24, 2.45) is 10.2 Å². The van der Waals surface area contributed by atoms with Crippen molar-refractivity contribution in [1.82, 2.24) is 0 Å². The summed E-state index contributed by atoms with van der Waals surface area (Å²) in [6, 6.07) is 34.4. The van der Waals surface area contributed by atoms with Gasteiger partial charge >= 0.3 is 0 Å². The second kappa shape index (κ2) is 11.7. The molecule has 0 aromatic heterocycles. The quantitative estimate of drug-likeness (QED) is 0.212. The molecule has 0 saturated heterocycles. The summed E-state index contributed by atoms with van der Waals surface area (Å²) in [7, 11) is 0. The van der Waals surface area contributed by atoms with E-state index in [0.717, 1.165) is 41.4 Å². The summed E-state index contributed by atoms with van der Waals surface area (Å²) < 4.78 is 0. The van der Waals surface area contributed by atoms with E-state index in [1.807, 2.05) is 60.7 Å². The number of phenols is 1. The molecule has 4 rings (SSSR count). The van der Waals surface area contributed by atoms with E-state index < -0.39 is 0 Å². The number of hydrogen-bond acceptors (Lipinski definition) is 5. The summed E-state index contributed by atoms with van der Waals surface area (Å²) >= 11 is 0. The largest absolute Gasteiger partial charge is 0.507 e. The molecule has 0 bridgehead atoms. The van der Waals surface area contributed by atoms with Crippen molar-refractivity contribution in [3.8, 4) is 5.75 Å². The van der Waals surface area contributed by atoms with Crippen LogP contribution in [-0.2, 0) is 0 Å². The van der Waals surface area contributed by atoms with Crippen molar-refractivity contribution >= 4 is 35.2 Å². The summed E-state index contributed by atoms with van der Waals surface area (Å²) in [4.78, 5) is 4.39. The summed E-state index contributed by atoms with van der Waals surface area (Å²) in [6.45, 7) is 5.97. The van der Waals surface area contributed by atoms with Crippen LogP contribution in [0.15, 0.2) is 113 Å². The van der Waals surface area contributed by atoms with Crippen LogP contribution in [0.5, 0.6) is 5.75 Å². The van der Waals surface area contributed by atoms with Gasteiger partial charge in [0.15, 0.2) is 0 Å². The number of aromatic hydroxyl groups is 1. The Balaban J connectivity index is 1.48. The lowest BCUT2D eigenvalue weighted by Crippen LogP contribution is -2.21. The molecule has 0 aliphatic heterocycles. The Morgan fingerprint density at radius 3 is 1.69 bits per heavy atom. The fraction of sp³-hybridized carbons (Fsp3) is 0.133. The minimum atomic E-state index is 0.194. The zero-order chi connectivity index (χ0) is 24.5. The molecule has 0 spiro atoms. The number of nitrogens with zero attached hydrogens (tertiary/aromatic N) is 4. The summed E-state index contributed by atoms with van der Waals surface area (Å²) in [6.07, 6.45) is 3.27. The number of phenolic OH excluding ortho intramolecular Hbond substituents is 1. The molecule has 0 radical (unpaired) electrons. The third kappa shape index (κ3) is 5.95. The van der Waals surface area contributed by atoms with Gasteiger partial charge in [-0.25, -0.2) is 0 Å². The Morgan fingerprint density at radius 2 is 1.14 bits per heavy atom. The van der Waals surface area contributed by atoms with Gasteiger partial charge in [0.25, 0.3) is 0 Å². The molecular formula is C30H30N4O. The van der Waals surface area contributed by atoms with E-state index >= 15 is 0 Å². The molecule has 4 aromatic carbocycles. The van der Waals surface area contributed by atoms with Gasteiger partial charge in [-0.3, -0.25) is 0 Å². The molecule has 0 atom stereocenters. The first-order valence-electron chi connectivity index (χ1n) is 11.8. The van der Waals surface area contributed by atoms with E-state index in [1.165, 1.54) is 0 Å². The van der Waals surface area contributed by atoms with Crippen LogP contribution < -0.4 is 9.80 Å². The number of rotatable bonds is 9. The molecule has 0 amide bonds. The average Bonchev–Trinajstić information content (AvgIpc) is 2.90. The first-order valence-corrected chi connectivity index (χ1v) is 11.8. The molecule has 0 aliphatic carbocycles. The zero-order valence-corrected chi connectivity index (χ0v) is 20.1. The third-order valence-corrected chi connectivity index (χ3v) is 5.79. The lowest BCUT2D eigenvalue weighted by Gasteiger charge is -2.25. The second-order valence-electron chi connectivity index (χ2n) is 8.00. The maximum absolute atomic E-state index is 10.3. The van der Waals surface area contributed by atoms with E-state index in [0.29, 0.717) is 5.56 Å². The van der Waals surface area contributed by atoms with Crippen molar-refractivity contribution in [1.29, 1.82) is 0 Å². The smallest absolute Gasteiger partial charge is 0.126 e. The van der Waals surface area contributed by atoms with Crippen LogP contribution in [0.2, 0.25) is 0 Å².